The van der Waals surface area contributed by atoms with Gasteiger partial charge in [0, 0.05) is 24.0 Å². The Morgan fingerprint density at radius 1 is 1.62 bits per heavy atom. The number of aliphatic carboxylic acids is 1. The van der Waals surface area contributed by atoms with Crippen LogP contribution in [0.15, 0.2) is 0 Å². The minimum absolute atomic E-state index is 0.198. The number of hydrogen-bond donors (Lipinski definition) is 2. The predicted molar refractivity (Wildman–Crippen MR) is 61.7 cm³/mol. The van der Waals surface area contributed by atoms with Crippen LogP contribution in [0.1, 0.15) is 32.0 Å². The van der Waals surface area contributed by atoms with E-state index < -0.39 is 5.97 Å². The predicted octanol–water partition coefficient (Wildman–Crippen LogP) is 1.77. The Labute approximate surface area is 98.1 Å². The van der Waals surface area contributed by atoms with E-state index in [1.54, 1.807) is 0 Å². The van der Waals surface area contributed by atoms with E-state index in [2.05, 4.69) is 14.7 Å². The molecule has 1 aromatic rings. The summed E-state index contributed by atoms with van der Waals surface area (Å²) >= 11 is 1.35. The van der Waals surface area contributed by atoms with Crippen molar-refractivity contribution in [3.8, 4) is 0 Å². The molecule has 0 saturated heterocycles. The van der Waals surface area contributed by atoms with Crippen LogP contribution in [0.3, 0.4) is 0 Å². The molecule has 1 fully saturated rings. The van der Waals surface area contributed by atoms with Gasteiger partial charge in [-0.1, -0.05) is 6.92 Å². The van der Waals surface area contributed by atoms with Crippen molar-refractivity contribution in [1.82, 2.24) is 9.36 Å². The third kappa shape index (κ3) is 2.49. The van der Waals surface area contributed by atoms with Crippen molar-refractivity contribution in [3.05, 3.63) is 5.82 Å². The van der Waals surface area contributed by atoms with E-state index in [0.717, 1.165) is 30.2 Å². The molecule has 0 aliphatic heterocycles. The smallest absolute Gasteiger partial charge is 0.306 e. The largest absolute Gasteiger partial charge is 0.481 e. The van der Waals surface area contributed by atoms with Gasteiger partial charge in [0.1, 0.15) is 5.82 Å². The summed E-state index contributed by atoms with van der Waals surface area (Å²) in [5.41, 5.74) is 0. The fourth-order valence-electron chi connectivity index (χ4n) is 1.97. The topological polar surface area (TPSA) is 75.1 Å². The van der Waals surface area contributed by atoms with Gasteiger partial charge in [-0.2, -0.15) is 4.37 Å². The average molecular weight is 241 g/mol. The monoisotopic (exact) mass is 241 g/mol. The van der Waals surface area contributed by atoms with Gasteiger partial charge in [0.05, 0.1) is 5.92 Å². The second-order valence-electron chi connectivity index (χ2n) is 4.06. The molecule has 0 bridgehead atoms. The molecule has 0 spiro atoms. The average Bonchev–Trinajstić information content (AvgIpc) is 2.87. The number of carbonyl (C=O) groups is 1. The summed E-state index contributed by atoms with van der Waals surface area (Å²) in [7, 11) is 0. The number of carboxylic acids is 1. The van der Waals surface area contributed by atoms with Crippen molar-refractivity contribution in [3.63, 3.8) is 0 Å². The minimum atomic E-state index is -0.684. The SMILES string of the molecule is CCc1nsc(NC2CCC(C(=O)O)C2)n1. The Morgan fingerprint density at radius 2 is 2.44 bits per heavy atom. The van der Waals surface area contributed by atoms with E-state index in [1.165, 1.54) is 11.5 Å². The van der Waals surface area contributed by atoms with Crippen LogP contribution in [0, 0.1) is 5.92 Å². The van der Waals surface area contributed by atoms with Gasteiger partial charge in [-0.05, 0) is 19.3 Å². The van der Waals surface area contributed by atoms with E-state index in [1.807, 2.05) is 6.92 Å². The molecule has 0 aromatic carbocycles. The molecule has 2 rings (SSSR count). The number of nitrogens with one attached hydrogen (secondary N) is 1. The molecule has 2 unspecified atom stereocenters. The lowest BCUT2D eigenvalue weighted by atomic mass is 10.1. The van der Waals surface area contributed by atoms with Gasteiger partial charge >= 0.3 is 5.97 Å². The zero-order chi connectivity index (χ0) is 11.5. The summed E-state index contributed by atoms with van der Waals surface area (Å²) in [6.45, 7) is 2.02. The van der Waals surface area contributed by atoms with Crippen molar-refractivity contribution < 1.29 is 9.90 Å². The van der Waals surface area contributed by atoms with Gasteiger partial charge in [-0.3, -0.25) is 4.79 Å². The summed E-state index contributed by atoms with van der Waals surface area (Å²) < 4.78 is 4.18. The van der Waals surface area contributed by atoms with Crippen molar-refractivity contribution in [1.29, 1.82) is 0 Å². The Balaban J connectivity index is 1.89. The number of hydrogen-bond acceptors (Lipinski definition) is 5. The molecule has 5 nitrogen and oxygen atoms in total. The Morgan fingerprint density at radius 3 is 3.00 bits per heavy atom. The zero-order valence-electron chi connectivity index (χ0n) is 9.14. The van der Waals surface area contributed by atoms with E-state index >= 15 is 0 Å². The van der Waals surface area contributed by atoms with Crippen LogP contribution in [0.25, 0.3) is 0 Å². The molecule has 6 heteroatoms. The number of carboxylic acid groups (broad SMARTS) is 1. The molecule has 1 heterocycles. The summed E-state index contributed by atoms with van der Waals surface area (Å²) in [5.74, 6) is -0.0350. The molecule has 2 atom stereocenters. The first-order chi connectivity index (χ1) is 7.69. The van der Waals surface area contributed by atoms with Gasteiger partial charge in [-0.25, -0.2) is 4.98 Å². The van der Waals surface area contributed by atoms with Gasteiger partial charge in [0.15, 0.2) is 0 Å². The molecule has 1 aliphatic carbocycles. The second-order valence-corrected chi connectivity index (χ2v) is 4.81. The molecule has 1 aromatic heterocycles. The Bertz CT molecular complexity index is 380. The van der Waals surface area contributed by atoms with E-state index in [4.69, 9.17) is 5.11 Å². The lowest BCUT2D eigenvalue weighted by molar-refractivity contribution is -0.141. The highest BCUT2D eigenvalue weighted by molar-refractivity contribution is 7.09. The summed E-state index contributed by atoms with van der Waals surface area (Å²) in [6.07, 6.45) is 3.18. The van der Waals surface area contributed by atoms with Crippen molar-refractivity contribution in [2.75, 3.05) is 5.32 Å². The minimum Gasteiger partial charge on any atom is -0.481 e. The van der Waals surface area contributed by atoms with Crippen LogP contribution in [-0.4, -0.2) is 26.5 Å². The van der Waals surface area contributed by atoms with Gasteiger partial charge in [0.25, 0.3) is 0 Å². The van der Waals surface area contributed by atoms with Crippen LogP contribution in [0.2, 0.25) is 0 Å². The van der Waals surface area contributed by atoms with Crippen LogP contribution in [0.4, 0.5) is 5.13 Å². The number of anilines is 1. The Hall–Kier alpha value is -1.17. The first-order valence-corrected chi connectivity index (χ1v) is 6.28. The Kier molecular flexibility index (Phi) is 3.38. The molecular weight excluding hydrogens is 226 g/mol. The van der Waals surface area contributed by atoms with Crippen LogP contribution >= 0.6 is 11.5 Å². The normalized spacial score (nSPS) is 24.6. The molecule has 16 heavy (non-hydrogen) atoms. The van der Waals surface area contributed by atoms with E-state index in [9.17, 15) is 4.79 Å². The maximum Gasteiger partial charge on any atom is 0.306 e. The molecule has 2 N–H and O–H groups in total. The van der Waals surface area contributed by atoms with Gasteiger partial charge < -0.3 is 10.4 Å². The van der Waals surface area contributed by atoms with Crippen LogP contribution in [-0.2, 0) is 11.2 Å². The van der Waals surface area contributed by atoms with E-state index in [0.29, 0.717) is 6.42 Å². The molecule has 0 amide bonds. The summed E-state index contributed by atoms with van der Waals surface area (Å²) in [5, 5.41) is 13.0. The molecule has 88 valence electrons. The molecule has 1 saturated carbocycles. The third-order valence-corrected chi connectivity index (χ3v) is 3.58. The standard InChI is InChI=1S/C10H15N3O2S/c1-2-8-12-10(16-13-8)11-7-4-3-6(5-7)9(14)15/h6-7H,2-5H2,1H3,(H,14,15)(H,11,12,13). The highest BCUT2D eigenvalue weighted by Gasteiger charge is 2.29. The number of rotatable bonds is 4. The lowest BCUT2D eigenvalue weighted by Gasteiger charge is -2.09. The zero-order valence-corrected chi connectivity index (χ0v) is 9.96. The molecule has 0 radical (unpaired) electrons. The van der Waals surface area contributed by atoms with E-state index in [-0.39, 0.29) is 12.0 Å². The van der Waals surface area contributed by atoms with Gasteiger partial charge in [0.2, 0.25) is 5.13 Å². The first-order valence-electron chi connectivity index (χ1n) is 5.51. The van der Waals surface area contributed by atoms with Crippen LogP contribution < -0.4 is 5.32 Å². The molecule has 1 aliphatic rings. The quantitative estimate of drug-likeness (QED) is 0.840. The number of aromatic nitrogens is 2. The fourth-order valence-corrected chi connectivity index (χ4v) is 2.70. The molecular formula is C10H15N3O2S. The first kappa shape index (κ1) is 11.3. The fraction of sp³-hybridized carbons (Fsp3) is 0.700. The lowest BCUT2D eigenvalue weighted by Crippen LogP contribution is -2.17. The van der Waals surface area contributed by atoms with Gasteiger partial charge in [-0.15, -0.1) is 0 Å². The third-order valence-electron chi connectivity index (χ3n) is 2.89. The van der Waals surface area contributed by atoms with Crippen LogP contribution in [0.5, 0.6) is 0 Å². The number of nitrogens with zero attached hydrogens (tertiary/aromatic N) is 2. The second kappa shape index (κ2) is 4.78. The van der Waals surface area contributed by atoms with Crippen molar-refractivity contribution in [2.45, 2.75) is 38.6 Å². The highest BCUT2D eigenvalue weighted by atomic mass is 32.1. The number of aryl methyl sites for hydroxylation is 1. The maximum absolute atomic E-state index is 10.8. The summed E-state index contributed by atoms with van der Waals surface area (Å²) in [4.78, 5) is 15.1. The maximum atomic E-state index is 10.8. The highest BCUT2D eigenvalue weighted by Crippen LogP contribution is 2.28. The van der Waals surface area contributed by atoms with Crippen molar-refractivity contribution >= 4 is 22.6 Å². The van der Waals surface area contributed by atoms with Crippen molar-refractivity contribution in [2.24, 2.45) is 5.92 Å². The summed E-state index contributed by atoms with van der Waals surface area (Å²) in [6, 6.07) is 0.235.